The molecule has 1 amide bonds. The Morgan fingerprint density at radius 2 is 1.89 bits per heavy atom. The normalized spacial score (nSPS) is 10.9. The Morgan fingerprint density at radius 3 is 2.61 bits per heavy atom. The second kappa shape index (κ2) is 11.7. The lowest BCUT2D eigenvalue weighted by Gasteiger charge is -2.15. The lowest BCUT2D eigenvalue weighted by atomic mass is 9.97. The van der Waals surface area contributed by atoms with E-state index in [0.717, 1.165) is 22.8 Å². The lowest BCUT2D eigenvalue weighted by Crippen LogP contribution is -2.31. The Balaban J connectivity index is 1.60. The zero-order valence-electron chi connectivity index (χ0n) is 20.5. The van der Waals surface area contributed by atoms with Crippen LogP contribution in [0.2, 0.25) is 5.02 Å². The second-order valence-electron chi connectivity index (χ2n) is 8.65. The fourth-order valence-electron chi connectivity index (χ4n) is 3.66. The van der Waals surface area contributed by atoms with E-state index < -0.39 is 29.8 Å². The van der Waals surface area contributed by atoms with Crippen LogP contribution in [0.25, 0.3) is 11.1 Å². The number of esters is 1. The molecule has 1 N–H and O–H groups in total. The number of halogens is 2. The summed E-state index contributed by atoms with van der Waals surface area (Å²) >= 11 is 6.32. The first-order chi connectivity index (χ1) is 18.2. The van der Waals surface area contributed by atoms with Gasteiger partial charge in [-0.05, 0) is 35.2 Å². The van der Waals surface area contributed by atoms with E-state index in [0.29, 0.717) is 16.8 Å². The molecule has 4 aromatic rings. The van der Waals surface area contributed by atoms with Gasteiger partial charge in [-0.2, -0.15) is 5.10 Å². The molecule has 0 fully saturated rings. The van der Waals surface area contributed by atoms with Crippen LogP contribution in [-0.2, 0) is 22.7 Å². The third kappa shape index (κ3) is 6.46. The highest BCUT2D eigenvalue weighted by Crippen LogP contribution is 2.30. The van der Waals surface area contributed by atoms with Crippen molar-refractivity contribution in [2.75, 3.05) is 5.32 Å². The predicted octanol–water partition coefficient (Wildman–Crippen LogP) is 4.61. The first kappa shape index (κ1) is 26.6. The number of nitrogens with zero attached hydrogens (tertiary/aromatic N) is 4. The van der Waals surface area contributed by atoms with Crippen molar-refractivity contribution in [2.45, 2.75) is 32.9 Å². The first-order valence-electron chi connectivity index (χ1n) is 11.6. The van der Waals surface area contributed by atoms with Gasteiger partial charge in [0.1, 0.15) is 19.5 Å². The van der Waals surface area contributed by atoms with Crippen molar-refractivity contribution in [3.63, 3.8) is 0 Å². The predicted molar refractivity (Wildman–Crippen MR) is 139 cm³/mol. The third-order valence-corrected chi connectivity index (χ3v) is 5.67. The van der Waals surface area contributed by atoms with Gasteiger partial charge in [-0.25, -0.2) is 23.8 Å². The molecule has 0 radical (unpaired) electrons. The van der Waals surface area contributed by atoms with Gasteiger partial charge in [0, 0.05) is 16.7 Å². The molecule has 194 valence electrons. The van der Waals surface area contributed by atoms with Crippen LogP contribution in [0.15, 0.2) is 71.9 Å². The maximum atomic E-state index is 13.8. The summed E-state index contributed by atoms with van der Waals surface area (Å²) in [5.41, 5.74) is 1.94. The summed E-state index contributed by atoms with van der Waals surface area (Å²) in [6.45, 7) is 3.37. The summed E-state index contributed by atoms with van der Waals surface area (Å²) in [6.07, 6.45) is 2.00. The van der Waals surface area contributed by atoms with Gasteiger partial charge < -0.3 is 10.1 Å². The number of ether oxygens (including phenoxy) is 1. The molecule has 0 aliphatic heterocycles. The van der Waals surface area contributed by atoms with E-state index >= 15 is 0 Å². The highest BCUT2D eigenvalue weighted by atomic mass is 35.5. The van der Waals surface area contributed by atoms with Crippen LogP contribution in [0.5, 0.6) is 0 Å². The molecule has 0 aliphatic rings. The van der Waals surface area contributed by atoms with Crippen molar-refractivity contribution in [3.05, 3.63) is 105 Å². The van der Waals surface area contributed by atoms with Gasteiger partial charge in [-0.3, -0.25) is 9.59 Å². The van der Waals surface area contributed by atoms with Gasteiger partial charge in [-0.1, -0.05) is 55.8 Å². The number of aromatic nitrogens is 4. The molecule has 0 unspecified atom stereocenters. The average Bonchev–Trinajstić information content (AvgIpc) is 2.89. The minimum Gasteiger partial charge on any atom is -0.457 e. The maximum Gasteiger partial charge on any atom is 0.338 e. The van der Waals surface area contributed by atoms with Crippen LogP contribution >= 0.6 is 11.6 Å². The van der Waals surface area contributed by atoms with E-state index in [1.807, 2.05) is 44.2 Å². The number of carbonyl (C=O) groups is 2. The van der Waals surface area contributed by atoms with Crippen molar-refractivity contribution in [1.29, 1.82) is 0 Å². The first-order valence-corrected chi connectivity index (χ1v) is 12.0. The summed E-state index contributed by atoms with van der Waals surface area (Å²) in [4.78, 5) is 45.3. The fraction of sp³-hybridized carbons (Fsp3) is 0.185. The number of rotatable bonds is 8. The molecule has 9 nitrogen and oxygen atoms in total. The number of hydrogen-bond donors (Lipinski definition) is 1. The fourth-order valence-corrected chi connectivity index (χ4v) is 3.89. The molecule has 0 saturated heterocycles. The minimum atomic E-state index is -0.807. The molecule has 0 aliphatic carbocycles. The molecule has 0 spiro atoms. The zero-order chi connectivity index (χ0) is 27.2. The molecule has 0 saturated carbocycles. The highest BCUT2D eigenvalue weighted by molar-refractivity contribution is 6.31. The zero-order valence-corrected chi connectivity index (χ0v) is 21.3. The van der Waals surface area contributed by atoms with Crippen LogP contribution in [0, 0.1) is 5.82 Å². The number of carbonyl (C=O) groups excluding carboxylic acids is 2. The summed E-state index contributed by atoms with van der Waals surface area (Å²) in [5, 5.41) is 6.97. The highest BCUT2D eigenvalue weighted by Gasteiger charge is 2.19. The Labute approximate surface area is 222 Å². The lowest BCUT2D eigenvalue weighted by molar-refractivity contribution is -0.117. The second-order valence-corrected chi connectivity index (χ2v) is 9.09. The minimum absolute atomic E-state index is 0.0946. The summed E-state index contributed by atoms with van der Waals surface area (Å²) in [5.74, 6) is -2.53. The Bertz CT molecular complexity index is 1540. The van der Waals surface area contributed by atoms with Gasteiger partial charge in [0.15, 0.2) is 11.6 Å². The van der Waals surface area contributed by atoms with E-state index in [2.05, 4.69) is 20.4 Å². The largest absolute Gasteiger partial charge is 0.457 e. The molecule has 0 bridgehead atoms. The molecule has 2 heterocycles. The van der Waals surface area contributed by atoms with Crippen LogP contribution in [0.4, 0.5) is 10.2 Å². The molecule has 0 atom stereocenters. The standard InChI is InChI=1S/C27H23ClFN5O4/c1-16(2)25-21(11-24(36)34(33-25)13-23(35)32-26-22(29)12-30-15-31-26)18-8-19(10-20(28)9-18)27(37)38-14-17-6-4-3-5-7-17/h3-12,15-16H,13-14H2,1-2H3,(H,30,31,32,35). The molecular formula is C27H23ClFN5O4. The van der Waals surface area contributed by atoms with Crippen LogP contribution in [-0.4, -0.2) is 31.6 Å². The van der Waals surface area contributed by atoms with E-state index in [-0.39, 0.29) is 28.9 Å². The number of hydrogen-bond acceptors (Lipinski definition) is 7. The molecule has 38 heavy (non-hydrogen) atoms. The average molecular weight is 536 g/mol. The van der Waals surface area contributed by atoms with E-state index in [1.165, 1.54) is 12.1 Å². The topological polar surface area (TPSA) is 116 Å². The SMILES string of the molecule is CC(C)c1nn(CC(=O)Nc2ncncc2F)c(=O)cc1-c1cc(Cl)cc(C(=O)OCc2ccccc2)c1. The van der Waals surface area contributed by atoms with E-state index in [1.54, 1.807) is 12.1 Å². The van der Waals surface area contributed by atoms with Gasteiger partial charge in [0.2, 0.25) is 5.91 Å². The number of amides is 1. The Hall–Kier alpha value is -4.44. The third-order valence-electron chi connectivity index (χ3n) is 5.45. The van der Waals surface area contributed by atoms with Crippen LogP contribution in [0.3, 0.4) is 0 Å². The molecule has 2 aromatic carbocycles. The number of anilines is 1. The van der Waals surface area contributed by atoms with Gasteiger partial charge >= 0.3 is 5.97 Å². The molecule has 11 heteroatoms. The smallest absolute Gasteiger partial charge is 0.338 e. The van der Waals surface area contributed by atoms with Crippen molar-refractivity contribution in [1.82, 2.24) is 19.7 Å². The molecule has 2 aromatic heterocycles. The van der Waals surface area contributed by atoms with Gasteiger partial charge in [0.05, 0.1) is 17.5 Å². The Kier molecular flexibility index (Phi) is 8.22. The van der Waals surface area contributed by atoms with Crippen molar-refractivity contribution >= 4 is 29.3 Å². The quantitative estimate of drug-likeness (QED) is 0.327. The van der Waals surface area contributed by atoms with E-state index in [9.17, 15) is 18.8 Å². The summed E-state index contributed by atoms with van der Waals surface area (Å²) in [7, 11) is 0. The summed E-state index contributed by atoms with van der Waals surface area (Å²) in [6, 6.07) is 15.3. The molecule has 4 rings (SSSR count). The van der Waals surface area contributed by atoms with Gasteiger partial charge in [0.25, 0.3) is 5.56 Å². The summed E-state index contributed by atoms with van der Waals surface area (Å²) < 4.78 is 20.2. The van der Waals surface area contributed by atoms with E-state index in [4.69, 9.17) is 16.3 Å². The monoisotopic (exact) mass is 535 g/mol. The molecular weight excluding hydrogens is 513 g/mol. The van der Waals surface area contributed by atoms with Gasteiger partial charge in [-0.15, -0.1) is 0 Å². The van der Waals surface area contributed by atoms with Crippen molar-refractivity contribution in [2.24, 2.45) is 0 Å². The van der Waals surface area contributed by atoms with Crippen molar-refractivity contribution in [3.8, 4) is 11.1 Å². The Morgan fingerprint density at radius 1 is 1.13 bits per heavy atom. The van der Waals surface area contributed by atoms with Crippen molar-refractivity contribution < 1.29 is 18.7 Å². The van der Waals surface area contributed by atoms with Crippen LogP contribution < -0.4 is 10.9 Å². The van der Waals surface area contributed by atoms with Crippen LogP contribution in [0.1, 0.15) is 41.4 Å². The number of benzene rings is 2. The maximum absolute atomic E-state index is 13.8. The number of nitrogens with one attached hydrogen (secondary N) is 1.